The third-order valence-electron chi connectivity index (χ3n) is 4.69. The first kappa shape index (κ1) is 15.6. The van der Waals surface area contributed by atoms with Crippen LogP contribution in [0.1, 0.15) is 48.6 Å². The second-order valence-electron chi connectivity index (χ2n) is 5.95. The summed E-state index contributed by atoms with van der Waals surface area (Å²) < 4.78 is 0. The molecule has 1 fully saturated rings. The van der Waals surface area contributed by atoms with Crippen LogP contribution in [0.3, 0.4) is 0 Å². The van der Waals surface area contributed by atoms with Gasteiger partial charge in [0.05, 0.1) is 0 Å². The van der Waals surface area contributed by atoms with Crippen LogP contribution in [-0.2, 0) is 0 Å². The van der Waals surface area contributed by atoms with Crippen LogP contribution in [0, 0.1) is 0 Å². The van der Waals surface area contributed by atoms with E-state index < -0.39 is 0 Å². The van der Waals surface area contributed by atoms with Crippen molar-refractivity contribution in [2.24, 2.45) is 0 Å². The van der Waals surface area contributed by atoms with E-state index in [0.717, 1.165) is 20.1 Å². The van der Waals surface area contributed by atoms with E-state index in [9.17, 15) is 0 Å². The van der Waals surface area contributed by atoms with E-state index >= 15 is 0 Å². The topological polar surface area (TPSA) is 0 Å². The smallest absolute Gasteiger partial charge is 0.0155 e. The lowest BCUT2D eigenvalue weighted by molar-refractivity contribution is 0.397. The standard InChI is InChI=1S/C18H23P3/c19-18-7-2-1-6-17(18)14-10-8-13(9-11-14)15-4-3-5-16(12-15)21-20/h1-7,12-14,21H,8-11,19-20H2. The van der Waals surface area contributed by atoms with Gasteiger partial charge in [-0.1, -0.05) is 56.8 Å². The summed E-state index contributed by atoms with van der Waals surface area (Å²) in [6.07, 6.45) is 5.30. The highest BCUT2D eigenvalue weighted by molar-refractivity contribution is 8.06. The molecule has 0 heterocycles. The van der Waals surface area contributed by atoms with Crippen LogP contribution in [0.25, 0.3) is 0 Å². The summed E-state index contributed by atoms with van der Waals surface area (Å²) in [7, 11) is 6.58. The molecule has 110 valence electrons. The van der Waals surface area contributed by atoms with Gasteiger partial charge in [0.2, 0.25) is 0 Å². The predicted molar refractivity (Wildman–Crippen MR) is 104 cm³/mol. The second kappa shape index (κ2) is 7.33. The minimum Gasteiger partial charge on any atom is -0.110 e. The van der Waals surface area contributed by atoms with E-state index in [1.807, 2.05) is 0 Å². The van der Waals surface area contributed by atoms with Gasteiger partial charge in [-0.05, 0) is 59.3 Å². The molecule has 0 radical (unpaired) electrons. The summed E-state index contributed by atoms with van der Waals surface area (Å²) in [4.78, 5) is 0. The van der Waals surface area contributed by atoms with E-state index in [1.54, 1.807) is 11.1 Å². The average molecular weight is 332 g/mol. The second-order valence-corrected chi connectivity index (χ2v) is 8.30. The molecule has 3 rings (SSSR count). The first-order valence-corrected chi connectivity index (χ1v) is 11.1. The predicted octanol–water partition coefficient (Wildman–Crippen LogP) is 4.72. The zero-order chi connectivity index (χ0) is 14.7. The molecule has 0 bridgehead atoms. The van der Waals surface area contributed by atoms with Gasteiger partial charge in [0.1, 0.15) is 0 Å². The van der Waals surface area contributed by atoms with E-state index in [4.69, 9.17) is 0 Å². The van der Waals surface area contributed by atoms with Crippen LogP contribution in [0.5, 0.6) is 0 Å². The Morgan fingerprint density at radius 1 is 0.857 bits per heavy atom. The van der Waals surface area contributed by atoms with E-state index in [1.165, 1.54) is 36.3 Å². The molecule has 2 aromatic carbocycles. The minimum atomic E-state index is 0.752. The molecule has 1 aliphatic rings. The summed E-state index contributed by atoms with van der Waals surface area (Å²) in [6, 6.07) is 18.0. The molecule has 3 heteroatoms. The maximum Gasteiger partial charge on any atom is -0.0155 e. The van der Waals surface area contributed by atoms with Crippen LogP contribution >= 0.6 is 26.4 Å². The van der Waals surface area contributed by atoms with Crippen molar-refractivity contribution in [1.29, 1.82) is 0 Å². The Balaban J connectivity index is 1.69. The molecular formula is C18H23P3. The molecule has 0 aromatic heterocycles. The Morgan fingerprint density at radius 3 is 2.29 bits per heavy atom. The van der Waals surface area contributed by atoms with Gasteiger partial charge in [0.25, 0.3) is 0 Å². The maximum atomic E-state index is 2.90. The average Bonchev–Trinajstić information content (AvgIpc) is 2.56. The first-order valence-electron chi connectivity index (χ1n) is 7.69. The summed E-state index contributed by atoms with van der Waals surface area (Å²) in [6.45, 7) is 0. The first-order chi connectivity index (χ1) is 10.3. The minimum absolute atomic E-state index is 0.752. The zero-order valence-electron chi connectivity index (χ0n) is 12.3. The van der Waals surface area contributed by atoms with Gasteiger partial charge in [-0.25, -0.2) is 0 Å². The number of rotatable bonds is 3. The molecule has 3 unspecified atom stereocenters. The van der Waals surface area contributed by atoms with Crippen molar-refractivity contribution >= 4 is 37.0 Å². The lowest BCUT2D eigenvalue weighted by atomic mass is 9.76. The van der Waals surface area contributed by atoms with Crippen molar-refractivity contribution in [2.45, 2.75) is 37.5 Å². The Morgan fingerprint density at radius 2 is 1.57 bits per heavy atom. The summed E-state index contributed by atoms with van der Waals surface area (Å²) in [5.41, 5.74) is 3.10. The molecule has 0 spiro atoms. The van der Waals surface area contributed by atoms with Gasteiger partial charge in [-0.2, -0.15) is 0 Å². The third kappa shape index (κ3) is 3.74. The Hall–Kier alpha value is -0.270. The Kier molecular flexibility index (Phi) is 5.45. The molecule has 3 atom stereocenters. The van der Waals surface area contributed by atoms with E-state index in [0.29, 0.717) is 0 Å². The summed E-state index contributed by atoms with van der Waals surface area (Å²) >= 11 is 0. The van der Waals surface area contributed by atoms with Gasteiger partial charge >= 0.3 is 0 Å². The summed E-state index contributed by atoms with van der Waals surface area (Å²) in [5.74, 6) is 1.51. The molecule has 0 aliphatic heterocycles. The molecule has 2 aromatic rings. The van der Waals surface area contributed by atoms with Crippen molar-refractivity contribution in [3.8, 4) is 0 Å². The molecule has 0 N–H and O–H groups in total. The highest BCUT2D eigenvalue weighted by Gasteiger charge is 2.24. The van der Waals surface area contributed by atoms with Gasteiger partial charge in [-0.3, -0.25) is 0 Å². The SMILES string of the molecule is PPc1cccc(C2CCC(c3ccccc3P)CC2)c1. The number of hydrogen-bond donors (Lipinski definition) is 0. The largest absolute Gasteiger partial charge is 0.110 e. The van der Waals surface area contributed by atoms with Crippen molar-refractivity contribution < 1.29 is 0 Å². The van der Waals surface area contributed by atoms with Gasteiger partial charge < -0.3 is 0 Å². The molecule has 0 nitrogen and oxygen atoms in total. The van der Waals surface area contributed by atoms with E-state index in [-0.39, 0.29) is 0 Å². The highest BCUT2D eigenvalue weighted by Crippen LogP contribution is 2.40. The molecule has 1 aliphatic carbocycles. The van der Waals surface area contributed by atoms with Gasteiger partial charge in [0, 0.05) is 0 Å². The number of benzene rings is 2. The summed E-state index contributed by atoms with van der Waals surface area (Å²) in [5, 5.41) is 2.85. The van der Waals surface area contributed by atoms with Crippen LogP contribution in [0.4, 0.5) is 0 Å². The fourth-order valence-corrected chi connectivity index (χ4v) is 4.93. The fraction of sp³-hybridized carbons (Fsp3) is 0.333. The van der Waals surface area contributed by atoms with E-state index in [2.05, 4.69) is 66.7 Å². The van der Waals surface area contributed by atoms with Crippen LogP contribution in [-0.4, -0.2) is 0 Å². The maximum absolute atomic E-state index is 2.90. The fourth-order valence-electron chi connectivity index (χ4n) is 3.50. The van der Waals surface area contributed by atoms with Gasteiger partial charge in [-0.15, -0.1) is 18.2 Å². The van der Waals surface area contributed by atoms with Crippen molar-refractivity contribution in [3.63, 3.8) is 0 Å². The number of hydrogen-bond acceptors (Lipinski definition) is 0. The Bertz CT molecular complexity index is 601. The van der Waals surface area contributed by atoms with Crippen molar-refractivity contribution in [2.75, 3.05) is 0 Å². The van der Waals surface area contributed by atoms with Crippen molar-refractivity contribution in [1.82, 2.24) is 0 Å². The third-order valence-corrected chi connectivity index (χ3v) is 6.86. The van der Waals surface area contributed by atoms with Crippen LogP contribution < -0.4 is 10.6 Å². The quantitative estimate of drug-likeness (QED) is 0.713. The zero-order valence-corrected chi connectivity index (χ0v) is 15.6. The molecular weight excluding hydrogens is 309 g/mol. The van der Waals surface area contributed by atoms with Crippen molar-refractivity contribution in [3.05, 3.63) is 59.7 Å². The molecule has 0 amide bonds. The van der Waals surface area contributed by atoms with Crippen LogP contribution in [0.2, 0.25) is 0 Å². The molecule has 1 saturated carbocycles. The monoisotopic (exact) mass is 332 g/mol. The highest BCUT2D eigenvalue weighted by atomic mass is 32.0. The normalized spacial score (nSPS) is 22.8. The Labute approximate surface area is 134 Å². The molecule has 0 saturated heterocycles. The lowest BCUT2D eigenvalue weighted by Gasteiger charge is -2.30. The van der Waals surface area contributed by atoms with Crippen LogP contribution in [0.15, 0.2) is 48.5 Å². The lowest BCUT2D eigenvalue weighted by Crippen LogP contribution is -2.16. The van der Waals surface area contributed by atoms with Gasteiger partial charge in [0.15, 0.2) is 0 Å². The molecule has 21 heavy (non-hydrogen) atoms.